The van der Waals surface area contributed by atoms with Crippen LogP contribution < -0.4 is 0 Å². The molecule has 2 rings (SSSR count). The average Bonchev–Trinajstić information content (AvgIpc) is 2.91. The van der Waals surface area contributed by atoms with E-state index < -0.39 is 0 Å². The van der Waals surface area contributed by atoms with Crippen molar-refractivity contribution in [3.05, 3.63) is 60.2 Å². The number of hydrogen-bond acceptors (Lipinski definition) is 2. The zero-order chi connectivity index (χ0) is 10.9. The molecule has 0 aliphatic carbocycles. The van der Waals surface area contributed by atoms with Gasteiger partial charge in [0, 0.05) is 21.3 Å². The van der Waals surface area contributed by atoms with Crippen LogP contribution in [0.1, 0.15) is 12.5 Å². The molecule has 0 aliphatic heterocycles. The molecule has 0 spiro atoms. The van der Waals surface area contributed by atoms with Crippen molar-refractivity contribution in [2.24, 2.45) is 0 Å². The van der Waals surface area contributed by atoms with Crippen LogP contribution in [0.5, 0.6) is 0 Å². The minimum atomic E-state index is 0. The Balaban J connectivity index is 0.000000318. The summed E-state index contributed by atoms with van der Waals surface area (Å²) in [6, 6.07) is 18.3. The van der Waals surface area contributed by atoms with Gasteiger partial charge in [-0.2, -0.15) is 30.3 Å². The first-order chi connectivity index (χ1) is 7.29. The molecule has 0 saturated carbocycles. The van der Waals surface area contributed by atoms with Gasteiger partial charge in [0.15, 0.2) is 0 Å². The van der Waals surface area contributed by atoms with Crippen molar-refractivity contribution < 1.29 is 17.1 Å². The van der Waals surface area contributed by atoms with Crippen LogP contribution in [0.25, 0.3) is 0 Å². The third-order valence-electron chi connectivity index (χ3n) is 1.73. The van der Waals surface area contributed by atoms with Gasteiger partial charge in [-0.05, 0) is 12.7 Å². The van der Waals surface area contributed by atoms with Crippen molar-refractivity contribution in [1.29, 1.82) is 0 Å². The second-order valence-electron chi connectivity index (χ2n) is 3.04. The number of hydrogen-bond donors (Lipinski definition) is 0. The summed E-state index contributed by atoms with van der Waals surface area (Å²) >= 11 is 6.65. The molecule has 0 radical (unpaired) electrons. The molecule has 16 heavy (non-hydrogen) atoms. The zero-order valence-corrected chi connectivity index (χ0v) is 11.8. The van der Waals surface area contributed by atoms with E-state index >= 15 is 0 Å². The van der Waals surface area contributed by atoms with E-state index in [4.69, 9.17) is 12.2 Å². The summed E-state index contributed by atoms with van der Waals surface area (Å²) in [6.45, 7) is 1.96. The van der Waals surface area contributed by atoms with Gasteiger partial charge in [0.1, 0.15) is 0 Å². The minimum absolute atomic E-state index is 0. The standard InChI is InChI=1S/C8H9S2.C5H5.Fe/c1-7(9)10-6-8-4-2-3-5-8;1-2-4-5-3-1;/h2-5H,6H2,1H3;1-5H;/q2*-1;. The van der Waals surface area contributed by atoms with Gasteiger partial charge in [-0.15, -0.1) is 17.3 Å². The molecule has 2 aromatic carbocycles. The van der Waals surface area contributed by atoms with E-state index in [0.717, 1.165) is 9.95 Å². The Morgan fingerprint density at radius 2 is 1.75 bits per heavy atom. The summed E-state index contributed by atoms with van der Waals surface area (Å²) in [7, 11) is 0. The van der Waals surface area contributed by atoms with E-state index in [-0.39, 0.29) is 17.1 Å². The molecule has 0 aromatic heterocycles. The Morgan fingerprint density at radius 1 is 1.19 bits per heavy atom. The predicted octanol–water partition coefficient (Wildman–Crippen LogP) is 4.39. The normalized spacial score (nSPS) is 8.56. The third-order valence-corrected chi connectivity index (χ3v) is 2.97. The van der Waals surface area contributed by atoms with Gasteiger partial charge in [0.05, 0.1) is 0 Å². The summed E-state index contributed by atoms with van der Waals surface area (Å²) in [6.07, 6.45) is 0. The molecule has 0 unspecified atom stereocenters. The van der Waals surface area contributed by atoms with Crippen molar-refractivity contribution in [1.82, 2.24) is 0 Å². The third kappa shape index (κ3) is 7.89. The molecule has 0 atom stereocenters. The van der Waals surface area contributed by atoms with Gasteiger partial charge in [-0.3, -0.25) is 0 Å². The summed E-state index contributed by atoms with van der Waals surface area (Å²) in [5.41, 5.74) is 1.36. The van der Waals surface area contributed by atoms with Crippen molar-refractivity contribution in [3.8, 4) is 0 Å². The summed E-state index contributed by atoms with van der Waals surface area (Å²) < 4.78 is 1.02. The van der Waals surface area contributed by atoms with E-state index in [1.165, 1.54) is 5.56 Å². The molecule has 0 N–H and O–H groups in total. The van der Waals surface area contributed by atoms with Gasteiger partial charge >= 0.3 is 0 Å². The van der Waals surface area contributed by atoms with Crippen molar-refractivity contribution >= 4 is 28.2 Å². The van der Waals surface area contributed by atoms with E-state index in [1.54, 1.807) is 11.8 Å². The molecule has 0 bridgehead atoms. The van der Waals surface area contributed by atoms with Gasteiger partial charge in [0.25, 0.3) is 0 Å². The maximum Gasteiger partial charge on any atom is 0.0440 e. The van der Waals surface area contributed by atoms with Crippen LogP contribution in [-0.4, -0.2) is 4.20 Å². The molecule has 0 heterocycles. The van der Waals surface area contributed by atoms with Crippen LogP contribution in [-0.2, 0) is 22.8 Å². The average molecular weight is 290 g/mol. The quantitative estimate of drug-likeness (QED) is 0.457. The number of thioether (sulfide) groups is 1. The fourth-order valence-electron chi connectivity index (χ4n) is 1.02. The van der Waals surface area contributed by atoms with Gasteiger partial charge in [0.2, 0.25) is 0 Å². The maximum absolute atomic E-state index is 4.93. The Hall–Kier alpha value is -0.341. The Kier molecular flexibility index (Phi) is 9.65. The van der Waals surface area contributed by atoms with Crippen LogP contribution >= 0.6 is 24.0 Å². The van der Waals surface area contributed by atoms with Gasteiger partial charge in [-0.25, -0.2) is 24.3 Å². The van der Waals surface area contributed by atoms with Crippen LogP contribution in [0.4, 0.5) is 0 Å². The fraction of sp³-hybridized carbons (Fsp3) is 0.154. The van der Waals surface area contributed by atoms with Crippen LogP contribution in [0.3, 0.4) is 0 Å². The van der Waals surface area contributed by atoms with Crippen molar-refractivity contribution in [2.75, 3.05) is 0 Å². The first-order valence-corrected chi connectivity index (χ1v) is 6.19. The Bertz CT molecular complexity index is 332. The number of thiocarbonyl (C=S) groups is 1. The van der Waals surface area contributed by atoms with Crippen LogP contribution in [0, 0.1) is 0 Å². The molecule has 0 saturated heterocycles. The second-order valence-corrected chi connectivity index (χ2v) is 5.10. The molecule has 88 valence electrons. The molecule has 0 nitrogen and oxygen atoms in total. The first kappa shape index (κ1) is 15.7. The largest absolute Gasteiger partial charge is 0.214 e. The van der Waals surface area contributed by atoms with E-state index in [1.807, 2.05) is 37.3 Å². The molecule has 2 aromatic rings. The predicted molar refractivity (Wildman–Crippen MR) is 73.6 cm³/mol. The maximum atomic E-state index is 4.93. The van der Waals surface area contributed by atoms with Crippen molar-refractivity contribution in [3.63, 3.8) is 0 Å². The molecule has 3 heteroatoms. The SMILES string of the molecule is CC(=S)SC[c-]1cccc1.[Fe].c1cc[cH-]c1. The Morgan fingerprint density at radius 3 is 2.12 bits per heavy atom. The summed E-state index contributed by atoms with van der Waals surface area (Å²) in [4.78, 5) is 0. The Labute approximate surface area is 118 Å². The summed E-state index contributed by atoms with van der Waals surface area (Å²) in [5.74, 6) is 1.02. The molecular formula is C13H14FeS2-2. The number of rotatable bonds is 2. The van der Waals surface area contributed by atoms with Crippen LogP contribution in [0.15, 0.2) is 54.6 Å². The monoisotopic (exact) mass is 290 g/mol. The smallest absolute Gasteiger partial charge is 0.0440 e. The molecular weight excluding hydrogens is 276 g/mol. The van der Waals surface area contributed by atoms with Gasteiger partial charge in [-0.1, -0.05) is 12.2 Å². The fourth-order valence-corrected chi connectivity index (χ4v) is 1.75. The van der Waals surface area contributed by atoms with Crippen molar-refractivity contribution in [2.45, 2.75) is 12.7 Å². The summed E-state index contributed by atoms with van der Waals surface area (Å²) in [5, 5.41) is 0. The topological polar surface area (TPSA) is 0 Å². The van der Waals surface area contributed by atoms with Gasteiger partial charge < -0.3 is 0 Å². The molecule has 0 fully saturated rings. The first-order valence-electron chi connectivity index (χ1n) is 4.79. The molecule has 0 aliphatic rings. The van der Waals surface area contributed by atoms with E-state index in [2.05, 4.69) is 24.3 Å². The van der Waals surface area contributed by atoms with E-state index in [9.17, 15) is 0 Å². The van der Waals surface area contributed by atoms with E-state index in [0.29, 0.717) is 0 Å². The van der Waals surface area contributed by atoms with Crippen LogP contribution in [0.2, 0.25) is 0 Å². The minimum Gasteiger partial charge on any atom is -0.214 e. The molecule has 0 amide bonds. The zero-order valence-electron chi connectivity index (χ0n) is 9.07. The second kappa shape index (κ2) is 9.86.